The molecule has 2 aromatic heterocycles. The first kappa shape index (κ1) is 20.7. The topological polar surface area (TPSA) is 87.5 Å². The van der Waals surface area contributed by atoms with E-state index in [0.717, 1.165) is 30.6 Å². The molecule has 0 bridgehead atoms. The van der Waals surface area contributed by atoms with Crippen LogP contribution in [0, 0.1) is 0 Å². The molecule has 1 aromatic carbocycles. The summed E-state index contributed by atoms with van der Waals surface area (Å²) in [6.45, 7) is 0.656. The smallest absolute Gasteiger partial charge is 0.337 e. The summed E-state index contributed by atoms with van der Waals surface area (Å²) in [6, 6.07) is 11.5. The van der Waals surface area contributed by atoms with Crippen molar-refractivity contribution in [2.45, 2.75) is 25.2 Å². The lowest BCUT2D eigenvalue weighted by Crippen LogP contribution is -2.21. The van der Waals surface area contributed by atoms with Crippen molar-refractivity contribution in [3.8, 4) is 0 Å². The highest BCUT2D eigenvalue weighted by atomic mass is 16.4. The Balaban J connectivity index is 1.54. The van der Waals surface area contributed by atoms with Crippen molar-refractivity contribution >= 4 is 23.0 Å². The van der Waals surface area contributed by atoms with Gasteiger partial charge in [-0.1, -0.05) is 6.07 Å². The number of rotatable bonds is 6. The van der Waals surface area contributed by atoms with Crippen molar-refractivity contribution in [2.75, 3.05) is 23.8 Å². The lowest BCUT2D eigenvalue weighted by molar-refractivity contribution is 0.0698. The minimum atomic E-state index is -0.961. The van der Waals surface area contributed by atoms with Gasteiger partial charge in [-0.2, -0.15) is 0 Å². The number of anilines is 3. The number of benzene rings is 1. The van der Waals surface area contributed by atoms with Gasteiger partial charge >= 0.3 is 5.97 Å². The molecule has 7 heteroatoms. The minimum Gasteiger partial charge on any atom is -0.478 e. The maximum Gasteiger partial charge on any atom is 0.337 e. The third-order valence-electron chi connectivity index (χ3n) is 6.02. The molecule has 160 valence electrons. The molecule has 3 aromatic rings. The van der Waals surface area contributed by atoms with Crippen LogP contribution in [0.25, 0.3) is 0 Å². The summed E-state index contributed by atoms with van der Waals surface area (Å²) in [5, 5.41) is 12.7. The minimum absolute atomic E-state index is 0.0374. The number of carbonyl (C=O) groups is 1. The Bertz CT molecular complexity index is 1170. The zero-order chi connectivity index (χ0) is 22.0. The Hall–Kier alpha value is -3.61. The van der Waals surface area contributed by atoms with Crippen LogP contribution in [0.3, 0.4) is 0 Å². The molecule has 0 spiro atoms. The van der Waals surface area contributed by atoms with Gasteiger partial charge in [0.2, 0.25) is 0 Å². The van der Waals surface area contributed by atoms with Crippen LogP contribution in [-0.2, 0) is 13.5 Å². The van der Waals surface area contributed by atoms with Gasteiger partial charge in [0.05, 0.1) is 17.4 Å². The van der Waals surface area contributed by atoms with Crippen LogP contribution in [0.5, 0.6) is 0 Å². The van der Waals surface area contributed by atoms with Crippen molar-refractivity contribution in [1.82, 2.24) is 9.55 Å². The quantitative estimate of drug-likeness (QED) is 0.634. The average molecular weight is 418 g/mol. The number of nitrogens with one attached hydrogen (secondary N) is 1. The molecule has 0 saturated carbocycles. The molecular weight excluding hydrogens is 392 g/mol. The van der Waals surface area contributed by atoms with Gasteiger partial charge in [0, 0.05) is 56.4 Å². The number of carboxylic acid groups (broad SMARTS) is 1. The van der Waals surface area contributed by atoms with E-state index >= 15 is 0 Å². The first-order valence-electron chi connectivity index (χ1n) is 10.4. The van der Waals surface area contributed by atoms with Gasteiger partial charge in [0.15, 0.2) is 0 Å². The number of aromatic carboxylic acids is 1. The summed E-state index contributed by atoms with van der Waals surface area (Å²) >= 11 is 0. The molecule has 2 heterocycles. The van der Waals surface area contributed by atoms with Crippen LogP contribution in [0.4, 0.5) is 17.1 Å². The van der Waals surface area contributed by atoms with E-state index in [-0.39, 0.29) is 11.1 Å². The van der Waals surface area contributed by atoms with Crippen molar-refractivity contribution < 1.29 is 9.90 Å². The Morgan fingerprint density at radius 1 is 1.26 bits per heavy atom. The zero-order valence-electron chi connectivity index (χ0n) is 17.7. The van der Waals surface area contributed by atoms with Crippen LogP contribution in [0.15, 0.2) is 59.8 Å². The Morgan fingerprint density at radius 3 is 2.84 bits per heavy atom. The predicted octanol–water partition coefficient (Wildman–Crippen LogP) is 3.78. The normalized spacial score (nSPS) is 15.2. The Morgan fingerprint density at radius 2 is 2.06 bits per heavy atom. The molecular formula is C24H26N4O3. The monoisotopic (exact) mass is 418 g/mol. The second-order valence-corrected chi connectivity index (χ2v) is 7.97. The largest absolute Gasteiger partial charge is 0.478 e. The lowest BCUT2D eigenvalue weighted by Gasteiger charge is -2.28. The molecule has 4 rings (SSSR count). The highest BCUT2D eigenvalue weighted by molar-refractivity contribution is 5.93. The fourth-order valence-corrected chi connectivity index (χ4v) is 4.17. The Labute approximate surface area is 181 Å². The van der Waals surface area contributed by atoms with Crippen molar-refractivity contribution in [1.29, 1.82) is 0 Å². The molecule has 0 saturated heterocycles. The van der Waals surface area contributed by atoms with Crippen molar-refractivity contribution in [3.05, 3.63) is 82.0 Å². The number of hydrogen-bond acceptors (Lipinski definition) is 5. The lowest BCUT2D eigenvalue weighted by atomic mass is 9.82. The SMILES string of the molecule is CN(c1ccc2c(c1)CCC[C@H]2CNc1cnccc1C(=O)O)c1ccn(C)c(=O)c1. The van der Waals surface area contributed by atoms with E-state index in [0.29, 0.717) is 18.2 Å². The van der Waals surface area contributed by atoms with Crippen molar-refractivity contribution in [3.63, 3.8) is 0 Å². The summed E-state index contributed by atoms with van der Waals surface area (Å²) in [4.78, 5) is 29.5. The molecule has 7 nitrogen and oxygen atoms in total. The molecule has 2 N–H and O–H groups in total. The molecule has 31 heavy (non-hydrogen) atoms. The number of aryl methyl sites for hydroxylation is 2. The number of pyridine rings is 2. The number of fused-ring (bicyclic) bond motifs is 1. The number of carboxylic acids is 1. The summed E-state index contributed by atoms with van der Waals surface area (Å²) in [7, 11) is 3.71. The molecule has 0 radical (unpaired) electrons. The van der Waals surface area contributed by atoms with E-state index in [2.05, 4.69) is 28.5 Å². The fraction of sp³-hybridized carbons (Fsp3) is 0.292. The van der Waals surface area contributed by atoms with Crippen LogP contribution >= 0.6 is 0 Å². The summed E-state index contributed by atoms with van der Waals surface area (Å²) in [5.41, 5.74) is 5.23. The highest BCUT2D eigenvalue weighted by Gasteiger charge is 2.22. The van der Waals surface area contributed by atoms with E-state index in [9.17, 15) is 14.7 Å². The number of nitrogens with zero attached hydrogens (tertiary/aromatic N) is 3. The average Bonchev–Trinajstić information content (AvgIpc) is 2.78. The van der Waals surface area contributed by atoms with Crippen molar-refractivity contribution in [2.24, 2.45) is 7.05 Å². The molecule has 0 amide bonds. The first-order valence-corrected chi connectivity index (χ1v) is 10.4. The standard InChI is InChI=1S/C24H26N4O3/c1-27-11-9-19(13-23(27)29)28(2)18-6-7-20-16(12-18)4-3-5-17(20)14-26-22-15-25-10-8-21(22)24(30)31/h6-13,15,17,26H,3-5,14H2,1-2H3,(H,30,31)/t17-/m0/s1. The van der Waals surface area contributed by atoms with E-state index in [4.69, 9.17) is 0 Å². The van der Waals surface area contributed by atoms with Crippen LogP contribution in [0.2, 0.25) is 0 Å². The van der Waals surface area contributed by atoms with Crippen LogP contribution in [0.1, 0.15) is 40.2 Å². The van der Waals surface area contributed by atoms with Gasteiger partial charge < -0.3 is 19.9 Å². The summed E-state index contributed by atoms with van der Waals surface area (Å²) < 4.78 is 1.56. The summed E-state index contributed by atoms with van der Waals surface area (Å²) in [5.74, 6) is -0.661. The van der Waals surface area contributed by atoms with E-state index in [1.54, 1.807) is 30.1 Å². The second kappa shape index (κ2) is 8.63. The molecule has 0 unspecified atom stereocenters. The third kappa shape index (κ3) is 4.30. The first-order chi connectivity index (χ1) is 14.9. The van der Waals surface area contributed by atoms with E-state index in [1.807, 2.05) is 18.0 Å². The fourth-order valence-electron chi connectivity index (χ4n) is 4.17. The van der Waals surface area contributed by atoms with Crippen LogP contribution < -0.4 is 15.8 Å². The van der Waals surface area contributed by atoms with E-state index in [1.165, 1.54) is 23.4 Å². The molecule has 1 aliphatic carbocycles. The molecule has 1 aliphatic rings. The molecule has 1 atom stereocenters. The number of hydrogen-bond donors (Lipinski definition) is 2. The van der Waals surface area contributed by atoms with Gasteiger partial charge in [-0.3, -0.25) is 9.78 Å². The zero-order valence-corrected chi connectivity index (χ0v) is 17.7. The summed E-state index contributed by atoms with van der Waals surface area (Å²) in [6.07, 6.45) is 7.97. The third-order valence-corrected chi connectivity index (χ3v) is 6.02. The van der Waals surface area contributed by atoms with Gasteiger partial charge in [0.25, 0.3) is 5.56 Å². The second-order valence-electron chi connectivity index (χ2n) is 7.97. The maximum atomic E-state index is 12.0. The van der Waals surface area contributed by atoms with Crippen LogP contribution in [-0.4, -0.2) is 34.2 Å². The highest BCUT2D eigenvalue weighted by Crippen LogP contribution is 2.35. The van der Waals surface area contributed by atoms with E-state index < -0.39 is 5.97 Å². The van der Waals surface area contributed by atoms with Gasteiger partial charge in [-0.15, -0.1) is 0 Å². The van der Waals surface area contributed by atoms with Gasteiger partial charge in [-0.25, -0.2) is 4.79 Å². The molecule has 0 fully saturated rings. The van der Waals surface area contributed by atoms with Gasteiger partial charge in [0.1, 0.15) is 0 Å². The molecule has 0 aliphatic heterocycles. The maximum absolute atomic E-state index is 12.0. The number of aromatic nitrogens is 2. The Kier molecular flexibility index (Phi) is 5.75. The van der Waals surface area contributed by atoms with Gasteiger partial charge in [-0.05, 0) is 54.7 Å². The predicted molar refractivity (Wildman–Crippen MR) is 122 cm³/mol.